The minimum atomic E-state index is -0.651. The molecular formula is C22H21FN2O4S. The number of carbonyl (C=O) groups excluding carboxylic acids is 1. The SMILES string of the molecule is CCCCc1cc(OC(SCc2ccccc2F)c2nnco2)cc2c1COC2=O. The van der Waals surface area contributed by atoms with Crippen molar-refractivity contribution < 1.29 is 23.1 Å². The zero-order chi connectivity index (χ0) is 20.9. The minimum absolute atomic E-state index is 0.273. The second kappa shape index (κ2) is 9.30. The summed E-state index contributed by atoms with van der Waals surface area (Å²) in [6.45, 7) is 2.41. The highest BCUT2D eigenvalue weighted by atomic mass is 32.2. The number of fused-ring (bicyclic) bond motifs is 1. The number of unbranched alkanes of at least 4 members (excludes halogenated alkanes) is 1. The molecule has 156 valence electrons. The maximum absolute atomic E-state index is 14.0. The summed E-state index contributed by atoms with van der Waals surface area (Å²) in [6.07, 6.45) is 4.10. The van der Waals surface area contributed by atoms with Crippen LogP contribution in [0, 0.1) is 5.82 Å². The van der Waals surface area contributed by atoms with Crippen LogP contribution in [0.3, 0.4) is 0 Å². The minimum Gasteiger partial charge on any atom is -0.470 e. The average molecular weight is 428 g/mol. The average Bonchev–Trinajstić information content (AvgIpc) is 3.41. The Bertz CT molecular complexity index is 1030. The molecule has 0 spiro atoms. The van der Waals surface area contributed by atoms with E-state index in [1.54, 1.807) is 24.3 Å². The molecule has 6 nitrogen and oxygen atoms in total. The third-order valence-corrected chi connectivity index (χ3v) is 5.93. The van der Waals surface area contributed by atoms with E-state index in [0.717, 1.165) is 30.4 Å². The lowest BCUT2D eigenvalue weighted by Crippen LogP contribution is -2.07. The topological polar surface area (TPSA) is 74.5 Å². The van der Waals surface area contributed by atoms with Crippen molar-refractivity contribution in [1.82, 2.24) is 10.2 Å². The molecule has 1 unspecified atom stereocenters. The first-order chi connectivity index (χ1) is 14.7. The number of ether oxygens (including phenoxy) is 2. The number of thioether (sulfide) groups is 1. The van der Waals surface area contributed by atoms with E-state index >= 15 is 0 Å². The fourth-order valence-corrected chi connectivity index (χ4v) is 4.26. The van der Waals surface area contributed by atoms with Crippen molar-refractivity contribution in [2.45, 2.75) is 44.0 Å². The van der Waals surface area contributed by atoms with Crippen molar-refractivity contribution in [2.75, 3.05) is 0 Å². The lowest BCUT2D eigenvalue weighted by molar-refractivity contribution is 0.0534. The maximum atomic E-state index is 14.0. The van der Waals surface area contributed by atoms with E-state index in [-0.39, 0.29) is 17.7 Å². The van der Waals surface area contributed by atoms with Gasteiger partial charge in [0.15, 0.2) is 0 Å². The summed E-state index contributed by atoms with van der Waals surface area (Å²) >= 11 is 1.32. The number of hydrogen-bond donors (Lipinski definition) is 0. The Morgan fingerprint density at radius 3 is 2.90 bits per heavy atom. The summed E-state index contributed by atoms with van der Waals surface area (Å²) in [4.78, 5) is 12.1. The molecule has 0 N–H and O–H groups in total. The first-order valence-electron chi connectivity index (χ1n) is 9.76. The van der Waals surface area contributed by atoms with Gasteiger partial charge in [0.05, 0.1) is 5.56 Å². The summed E-state index contributed by atoms with van der Waals surface area (Å²) in [7, 11) is 0. The molecule has 0 saturated carbocycles. The molecule has 0 bridgehead atoms. The lowest BCUT2D eigenvalue weighted by atomic mass is 9.98. The smallest absolute Gasteiger partial charge is 0.339 e. The number of nitrogens with zero attached hydrogens (tertiary/aromatic N) is 2. The highest BCUT2D eigenvalue weighted by molar-refractivity contribution is 7.98. The molecule has 3 aromatic rings. The van der Waals surface area contributed by atoms with Crippen LogP contribution in [0.1, 0.15) is 58.1 Å². The Kier molecular flexibility index (Phi) is 6.32. The summed E-state index contributed by atoms with van der Waals surface area (Å²) in [5, 5.41) is 7.69. The quantitative estimate of drug-likeness (QED) is 0.341. The van der Waals surface area contributed by atoms with Crippen LogP contribution in [0.4, 0.5) is 4.39 Å². The van der Waals surface area contributed by atoms with Crippen LogP contribution in [0.15, 0.2) is 47.2 Å². The standard InChI is InChI=1S/C22H21FN2O4S/c1-2-3-6-14-9-16(10-17-18(14)11-27-21(17)26)29-22(20-25-24-13-28-20)30-12-15-7-4-5-8-19(15)23/h4-5,7-10,13,22H,2-3,6,11-12H2,1H3. The number of rotatable bonds is 9. The second-order valence-electron chi connectivity index (χ2n) is 6.92. The van der Waals surface area contributed by atoms with Crippen molar-refractivity contribution in [3.63, 3.8) is 0 Å². The van der Waals surface area contributed by atoms with Gasteiger partial charge in [-0.2, -0.15) is 0 Å². The van der Waals surface area contributed by atoms with E-state index in [0.29, 0.717) is 29.2 Å². The second-order valence-corrected chi connectivity index (χ2v) is 7.97. The van der Waals surface area contributed by atoms with Gasteiger partial charge in [-0.25, -0.2) is 9.18 Å². The van der Waals surface area contributed by atoms with Crippen LogP contribution in [-0.4, -0.2) is 16.2 Å². The molecule has 2 heterocycles. The molecule has 0 amide bonds. The molecule has 0 radical (unpaired) electrons. The highest BCUT2D eigenvalue weighted by Gasteiger charge is 2.27. The van der Waals surface area contributed by atoms with Gasteiger partial charge in [0, 0.05) is 11.3 Å². The van der Waals surface area contributed by atoms with E-state index in [1.807, 2.05) is 6.07 Å². The van der Waals surface area contributed by atoms with E-state index in [4.69, 9.17) is 13.9 Å². The van der Waals surface area contributed by atoms with Crippen molar-refractivity contribution >= 4 is 17.7 Å². The molecule has 8 heteroatoms. The predicted octanol–water partition coefficient (Wildman–Crippen LogP) is 5.23. The van der Waals surface area contributed by atoms with Crippen molar-refractivity contribution in [3.05, 3.63) is 76.8 Å². The number of carbonyl (C=O) groups is 1. The summed E-state index contributed by atoms with van der Waals surface area (Å²) in [6, 6.07) is 10.2. The molecule has 1 aliphatic heterocycles. The molecule has 1 atom stereocenters. The number of hydrogen-bond acceptors (Lipinski definition) is 7. The fraction of sp³-hybridized carbons (Fsp3) is 0.318. The number of aryl methyl sites for hydroxylation is 1. The first-order valence-corrected chi connectivity index (χ1v) is 10.8. The van der Waals surface area contributed by atoms with Gasteiger partial charge in [0.25, 0.3) is 5.89 Å². The van der Waals surface area contributed by atoms with Crippen molar-refractivity contribution in [2.24, 2.45) is 0 Å². The van der Waals surface area contributed by atoms with Gasteiger partial charge in [-0.05, 0) is 42.2 Å². The largest absolute Gasteiger partial charge is 0.470 e. The lowest BCUT2D eigenvalue weighted by Gasteiger charge is -2.17. The van der Waals surface area contributed by atoms with Crippen molar-refractivity contribution in [1.29, 1.82) is 0 Å². The van der Waals surface area contributed by atoms with Crippen LogP contribution >= 0.6 is 11.8 Å². The molecule has 2 aromatic carbocycles. The summed E-state index contributed by atoms with van der Waals surface area (Å²) in [5.74, 6) is 0.519. The van der Waals surface area contributed by atoms with Crippen molar-refractivity contribution in [3.8, 4) is 5.75 Å². The molecule has 1 aromatic heterocycles. The Hall–Kier alpha value is -2.87. The number of benzene rings is 2. The van der Waals surface area contributed by atoms with Gasteiger partial charge in [-0.1, -0.05) is 31.5 Å². The van der Waals surface area contributed by atoms with Gasteiger partial charge in [-0.3, -0.25) is 0 Å². The van der Waals surface area contributed by atoms with Gasteiger partial charge >= 0.3 is 5.97 Å². The van der Waals surface area contributed by atoms with E-state index in [9.17, 15) is 9.18 Å². The molecule has 0 saturated heterocycles. The van der Waals surface area contributed by atoms with Gasteiger partial charge in [0.1, 0.15) is 18.2 Å². The van der Waals surface area contributed by atoms with E-state index in [2.05, 4.69) is 17.1 Å². The number of halogens is 1. The Balaban J connectivity index is 1.59. The van der Waals surface area contributed by atoms with Crippen LogP contribution in [0.2, 0.25) is 0 Å². The zero-order valence-corrected chi connectivity index (χ0v) is 17.3. The third kappa shape index (κ3) is 4.48. The molecule has 4 rings (SSSR count). The third-order valence-electron chi connectivity index (χ3n) is 4.85. The zero-order valence-electron chi connectivity index (χ0n) is 16.5. The predicted molar refractivity (Wildman–Crippen MR) is 110 cm³/mol. The number of cyclic esters (lactones) is 1. The molecule has 30 heavy (non-hydrogen) atoms. The molecular weight excluding hydrogens is 407 g/mol. The van der Waals surface area contributed by atoms with Gasteiger partial charge < -0.3 is 13.9 Å². The van der Waals surface area contributed by atoms with Crippen LogP contribution in [0.25, 0.3) is 0 Å². The van der Waals surface area contributed by atoms with Gasteiger partial charge in [-0.15, -0.1) is 22.0 Å². The Morgan fingerprint density at radius 1 is 1.27 bits per heavy atom. The summed E-state index contributed by atoms with van der Waals surface area (Å²) < 4.78 is 30.7. The van der Waals surface area contributed by atoms with Gasteiger partial charge in [0.2, 0.25) is 11.8 Å². The Labute approximate surface area is 177 Å². The molecule has 0 fully saturated rings. The molecule has 0 aliphatic carbocycles. The fourth-order valence-electron chi connectivity index (χ4n) is 3.27. The van der Waals surface area contributed by atoms with E-state index in [1.165, 1.54) is 24.2 Å². The Morgan fingerprint density at radius 2 is 2.13 bits per heavy atom. The van der Waals surface area contributed by atoms with Crippen LogP contribution < -0.4 is 4.74 Å². The maximum Gasteiger partial charge on any atom is 0.339 e. The monoisotopic (exact) mass is 428 g/mol. The number of aromatic nitrogens is 2. The van der Waals surface area contributed by atoms with E-state index < -0.39 is 5.44 Å². The normalized spacial score (nSPS) is 13.7. The van der Waals surface area contributed by atoms with Crippen LogP contribution in [-0.2, 0) is 23.5 Å². The summed E-state index contributed by atoms with van der Waals surface area (Å²) in [5.41, 5.74) is 2.40. The first kappa shape index (κ1) is 20.4. The van der Waals surface area contributed by atoms with Crippen LogP contribution in [0.5, 0.6) is 5.75 Å². The number of esters is 1. The molecule has 1 aliphatic rings. The highest BCUT2D eigenvalue weighted by Crippen LogP contribution is 2.36.